The van der Waals surface area contributed by atoms with Crippen molar-refractivity contribution in [2.45, 2.75) is 19.5 Å². The summed E-state index contributed by atoms with van der Waals surface area (Å²) in [4.78, 5) is 36.8. The number of furan rings is 1. The van der Waals surface area contributed by atoms with Crippen molar-refractivity contribution in [3.05, 3.63) is 59.0 Å². The van der Waals surface area contributed by atoms with Gasteiger partial charge in [0, 0.05) is 13.1 Å². The van der Waals surface area contributed by atoms with Crippen LogP contribution in [0.4, 0.5) is 4.79 Å². The normalized spacial score (nSPS) is 13.0. The summed E-state index contributed by atoms with van der Waals surface area (Å²) in [5.41, 5.74) is 2.07. The van der Waals surface area contributed by atoms with Crippen molar-refractivity contribution in [1.29, 1.82) is 0 Å². The summed E-state index contributed by atoms with van der Waals surface area (Å²) in [7, 11) is 0. The fourth-order valence-electron chi connectivity index (χ4n) is 2.81. The Morgan fingerprint density at radius 2 is 2.00 bits per heavy atom. The number of aromatic carboxylic acids is 1. The Balaban J connectivity index is 1.50. The van der Waals surface area contributed by atoms with Gasteiger partial charge in [0.15, 0.2) is 0 Å². The van der Waals surface area contributed by atoms with Gasteiger partial charge in [0.1, 0.15) is 5.76 Å². The maximum Gasteiger partial charge on any atom is 0.335 e. The summed E-state index contributed by atoms with van der Waals surface area (Å²) >= 11 is 0. The summed E-state index contributed by atoms with van der Waals surface area (Å²) in [6.45, 7) is 0.985. The van der Waals surface area contributed by atoms with Gasteiger partial charge in [-0.1, -0.05) is 6.07 Å². The number of rotatable bonds is 5. The Bertz CT molecular complexity index is 816. The zero-order chi connectivity index (χ0) is 18.5. The van der Waals surface area contributed by atoms with E-state index in [1.807, 2.05) is 0 Å². The Labute approximate surface area is 149 Å². The number of hydrogen-bond acceptors (Lipinski definition) is 4. The zero-order valence-corrected chi connectivity index (χ0v) is 14.0. The van der Waals surface area contributed by atoms with E-state index in [0.29, 0.717) is 25.3 Å². The summed E-state index contributed by atoms with van der Waals surface area (Å²) in [6.07, 6.45) is 2.17. The zero-order valence-electron chi connectivity index (χ0n) is 14.0. The fraction of sp³-hybridized carbons (Fsp3) is 0.278. The third-order valence-corrected chi connectivity index (χ3v) is 4.22. The molecule has 0 saturated carbocycles. The van der Waals surface area contributed by atoms with Crippen molar-refractivity contribution in [3.63, 3.8) is 0 Å². The second-order valence-electron chi connectivity index (χ2n) is 5.97. The highest BCUT2D eigenvalue weighted by atomic mass is 16.4. The third-order valence-electron chi connectivity index (χ3n) is 4.22. The molecule has 0 spiro atoms. The molecule has 26 heavy (non-hydrogen) atoms. The molecule has 1 aromatic carbocycles. The number of hydrogen-bond donors (Lipinski definition) is 3. The molecule has 2 heterocycles. The molecule has 2 aromatic rings. The molecule has 8 heteroatoms. The lowest BCUT2D eigenvalue weighted by molar-refractivity contribution is -0.131. The van der Waals surface area contributed by atoms with Crippen LogP contribution in [0.5, 0.6) is 0 Å². The van der Waals surface area contributed by atoms with E-state index in [2.05, 4.69) is 10.6 Å². The molecule has 1 aliphatic rings. The van der Waals surface area contributed by atoms with Crippen LogP contribution in [0.25, 0.3) is 0 Å². The molecular weight excluding hydrogens is 338 g/mol. The highest BCUT2D eigenvalue weighted by Crippen LogP contribution is 2.20. The Kier molecular flexibility index (Phi) is 5.21. The lowest BCUT2D eigenvalue weighted by Gasteiger charge is -2.29. The van der Waals surface area contributed by atoms with E-state index in [-0.39, 0.29) is 24.6 Å². The molecule has 1 aromatic heterocycles. The van der Waals surface area contributed by atoms with Gasteiger partial charge in [0.05, 0.1) is 24.9 Å². The molecular formula is C18H19N3O5. The molecule has 3 N–H and O–H groups in total. The van der Waals surface area contributed by atoms with Crippen LogP contribution in [0.1, 0.15) is 27.2 Å². The average molecular weight is 357 g/mol. The monoisotopic (exact) mass is 357 g/mol. The first-order chi connectivity index (χ1) is 12.5. The van der Waals surface area contributed by atoms with Gasteiger partial charge in [0.25, 0.3) is 0 Å². The van der Waals surface area contributed by atoms with Gasteiger partial charge in [-0.05, 0) is 41.8 Å². The van der Waals surface area contributed by atoms with E-state index in [1.165, 1.54) is 6.26 Å². The van der Waals surface area contributed by atoms with Gasteiger partial charge in [-0.3, -0.25) is 4.79 Å². The predicted octanol–water partition coefficient (Wildman–Crippen LogP) is 1.36. The number of carbonyl (C=O) groups is 3. The van der Waals surface area contributed by atoms with Crippen LogP contribution >= 0.6 is 0 Å². The van der Waals surface area contributed by atoms with E-state index in [1.54, 1.807) is 35.2 Å². The molecule has 136 valence electrons. The van der Waals surface area contributed by atoms with Crippen molar-refractivity contribution in [2.24, 2.45) is 0 Å². The number of amides is 3. The van der Waals surface area contributed by atoms with Crippen molar-refractivity contribution in [3.8, 4) is 0 Å². The first-order valence-corrected chi connectivity index (χ1v) is 8.20. The first-order valence-electron chi connectivity index (χ1n) is 8.20. The van der Waals surface area contributed by atoms with Crippen LogP contribution in [-0.2, 0) is 24.3 Å². The van der Waals surface area contributed by atoms with Crippen LogP contribution in [0.3, 0.4) is 0 Å². The standard InChI is InChI=1S/C18H19N3O5/c22-16(10-20-18(25)19-9-15-2-1-7-26-15)21-6-5-12-3-4-13(17(23)24)8-14(12)11-21/h1-4,7-8H,5-6,9-11H2,(H,23,24)(H2,19,20,25). The van der Waals surface area contributed by atoms with Gasteiger partial charge in [-0.15, -0.1) is 0 Å². The topological polar surface area (TPSA) is 112 Å². The number of carboxylic acid groups (broad SMARTS) is 1. The minimum Gasteiger partial charge on any atom is -0.478 e. The Hall–Kier alpha value is -3.29. The number of carbonyl (C=O) groups excluding carboxylic acids is 2. The molecule has 0 atom stereocenters. The van der Waals surface area contributed by atoms with Gasteiger partial charge in [0.2, 0.25) is 5.91 Å². The fourth-order valence-corrected chi connectivity index (χ4v) is 2.81. The van der Waals surface area contributed by atoms with E-state index in [9.17, 15) is 14.4 Å². The largest absolute Gasteiger partial charge is 0.478 e. The summed E-state index contributed by atoms with van der Waals surface area (Å²) in [5, 5.41) is 14.2. The van der Waals surface area contributed by atoms with Crippen molar-refractivity contribution in [2.75, 3.05) is 13.1 Å². The maximum atomic E-state index is 12.3. The van der Waals surface area contributed by atoms with Gasteiger partial charge < -0.3 is 25.1 Å². The number of nitrogens with one attached hydrogen (secondary N) is 2. The molecule has 0 radical (unpaired) electrons. The van der Waals surface area contributed by atoms with E-state index < -0.39 is 12.0 Å². The lowest BCUT2D eigenvalue weighted by Crippen LogP contribution is -2.45. The SMILES string of the molecule is O=C(NCC(=O)N1CCc2ccc(C(=O)O)cc2C1)NCc1ccco1. The number of nitrogens with zero attached hydrogens (tertiary/aromatic N) is 1. The molecule has 0 unspecified atom stereocenters. The minimum atomic E-state index is -0.994. The van der Waals surface area contributed by atoms with Gasteiger partial charge in [-0.25, -0.2) is 9.59 Å². The summed E-state index contributed by atoms with van der Waals surface area (Å²) in [5.74, 6) is -0.593. The van der Waals surface area contributed by atoms with Crippen LogP contribution in [0, 0.1) is 0 Å². The third kappa shape index (κ3) is 4.21. The van der Waals surface area contributed by atoms with E-state index in [4.69, 9.17) is 9.52 Å². The number of urea groups is 1. The van der Waals surface area contributed by atoms with Crippen molar-refractivity contribution >= 4 is 17.9 Å². The second kappa shape index (κ2) is 7.73. The Morgan fingerprint density at radius 1 is 1.15 bits per heavy atom. The van der Waals surface area contributed by atoms with Gasteiger partial charge >= 0.3 is 12.0 Å². The average Bonchev–Trinajstić information content (AvgIpc) is 3.17. The molecule has 0 bridgehead atoms. The van der Waals surface area contributed by atoms with Crippen LogP contribution in [0.2, 0.25) is 0 Å². The van der Waals surface area contributed by atoms with E-state index in [0.717, 1.165) is 11.1 Å². The minimum absolute atomic E-state index is 0.127. The summed E-state index contributed by atoms with van der Waals surface area (Å²) in [6, 6.07) is 7.97. The van der Waals surface area contributed by atoms with Crippen molar-refractivity contribution in [1.82, 2.24) is 15.5 Å². The number of carboxylic acids is 1. The smallest absolute Gasteiger partial charge is 0.335 e. The first kappa shape index (κ1) is 17.5. The molecule has 3 rings (SSSR count). The summed E-state index contributed by atoms with van der Waals surface area (Å²) < 4.78 is 5.10. The molecule has 3 amide bonds. The second-order valence-corrected chi connectivity index (χ2v) is 5.97. The van der Waals surface area contributed by atoms with Crippen LogP contribution < -0.4 is 10.6 Å². The van der Waals surface area contributed by atoms with Gasteiger partial charge in [-0.2, -0.15) is 0 Å². The van der Waals surface area contributed by atoms with Crippen LogP contribution in [-0.4, -0.2) is 41.0 Å². The number of benzene rings is 1. The molecule has 0 fully saturated rings. The molecule has 8 nitrogen and oxygen atoms in total. The Morgan fingerprint density at radius 3 is 2.73 bits per heavy atom. The highest BCUT2D eigenvalue weighted by molar-refractivity contribution is 5.88. The molecule has 1 aliphatic heterocycles. The quantitative estimate of drug-likeness (QED) is 0.748. The highest BCUT2D eigenvalue weighted by Gasteiger charge is 2.22. The maximum absolute atomic E-state index is 12.3. The molecule has 0 saturated heterocycles. The predicted molar refractivity (Wildman–Crippen MR) is 91.5 cm³/mol. The van der Waals surface area contributed by atoms with Crippen LogP contribution in [0.15, 0.2) is 41.0 Å². The van der Waals surface area contributed by atoms with E-state index >= 15 is 0 Å². The lowest BCUT2D eigenvalue weighted by atomic mass is 9.97. The molecule has 0 aliphatic carbocycles. The number of fused-ring (bicyclic) bond motifs is 1. The van der Waals surface area contributed by atoms with Crippen molar-refractivity contribution < 1.29 is 23.9 Å².